The predicted molar refractivity (Wildman–Crippen MR) is 120 cm³/mol. The Kier molecular flexibility index (Phi) is 8.58. The molecule has 174 valence electrons. The van der Waals surface area contributed by atoms with Crippen molar-refractivity contribution in [2.45, 2.75) is 45.5 Å². The third-order valence-electron chi connectivity index (χ3n) is 5.04. The topological polar surface area (TPSA) is 61.8 Å². The van der Waals surface area contributed by atoms with Crippen LogP contribution >= 0.6 is 0 Å². The van der Waals surface area contributed by atoms with Crippen LogP contribution in [0.15, 0.2) is 47.6 Å². The van der Waals surface area contributed by atoms with Crippen LogP contribution in [0.5, 0.6) is 5.75 Å². The standard InChI is InChI=1S/C23H30F3N5O/c1-2-27-22(29-15-18-6-8-20(9-7-18)32-17-23(24,25)26)30-16-19-10-11-28-21(14-19)31-12-4-3-5-13-31/h6-11,14H,2-5,12-13,15-17H2,1H3,(H2,27,29,30). The van der Waals surface area contributed by atoms with Gasteiger partial charge in [-0.15, -0.1) is 0 Å². The highest BCUT2D eigenvalue weighted by atomic mass is 19.4. The number of nitrogens with one attached hydrogen (secondary N) is 2. The summed E-state index contributed by atoms with van der Waals surface area (Å²) in [4.78, 5) is 11.5. The van der Waals surface area contributed by atoms with E-state index in [2.05, 4.69) is 31.6 Å². The Hall–Kier alpha value is -2.97. The van der Waals surface area contributed by atoms with Gasteiger partial charge in [0.15, 0.2) is 12.6 Å². The minimum absolute atomic E-state index is 0.189. The summed E-state index contributed by atoms with van der Waals surface area (Å²) in [6, 6.07) is 10.6. The third kappa shape index (κ3) is 7.94. The van der Waals surface area contributed by atoms with Crippen LogP contribution in [-0.2, 0) is 13.1 Å². The maximum Gasteiger partial charge on any atom is 0.422 e. The molecule has 0 bridgehead atoms. The smallest absolute Gasteiger partial charge is 0.422 e. The average molecular weight is 450 g/mol. The van der Waals surface area contributed by atoms with Gasteiger partial charge in [0, 0.05) is 32.4 Å². The van der Waals surface area contributed by atoms with Gasteiger partial charge in [-0.25, -0.2) is 9.98 Å². The molecule has 2 aromatic rings. The van der Waals surface area contributed by atoms with Crippen LogP contribution in [0.3, 0.4) is 0 Å². The molecule has 1 fully saturated rings. The first-order chi connectivity index (χ1) is 15.4. The lowest BCUT2D eigenvalue weighted by Crippen LogP contribution is -2.36. The molecule has 2 N–H and O–H groups in total. The Balaban J connectivity index is 1.55. The molecule has 6 nitrogen and oxygen atoms in total. The fourth-order valence-corrected chi connectivity index (χ4v) is 3.42. The Labute approximate surface area is 186 Å². The number of nitrogens with zero attached hydrogens (tertiary/aromatic N) is 3. The minimum Gasteiger partial charge on any atom is -0.484 e. The maximum absolute atomic E-state index is 12.3. The molecule has 1 aliphatic rings. The average Bonchev–Trinajstić information content (AvgIpc) is 2.80. The summed E-state index contributed by atoms with van der Waals surface area (Å²) < 4.78 is 41.5. The van der Waals surface area contributed by atoms with Gasteiger partial charge in [-0.1, -0.05) is 12.1 Å². The molecule has 32 heavy (non-hydrogen) atoms. The van der Waals surface area contributed by atoms with Crippen molar-refractivity contribution in [3.63, 3.8) is 0 Å². The van der Waals surface area contributed by atoms with E-state index in [4.69, 9.17) is 4.74 Å². The van der Waals surface area contributed by atoms with Gasteiger partial charge in [0.1, 0.15) is 11.6 Å². The van der Waals surface area contributed by atoms with E-state index in [1.54, 1.807) is 12.1 Å². The zero-order valence-electron chi connectivity index (χ0n) is 18.3. The zero-order chi connectivity index (χ0) is 22.8. The van der Waals surface area contributed by atoms with Crippen molar-refractivity contribution in [2.75, 3.05) is 31.1 Å². The number of aliphatic imine (C=N–C) groups is 1. The first-order valence-corrected chi connectivity index (χ1v) is 10.9. The van der Waals surface area contributed by atoms with E-state index < -0.39 is 12.8 Å². The van der Waals surface area contributed by atoms with Gasteiger partial charge < -0.3 is 20.3 Å². The van der Waals surface area contributed by atoms with Crippen molar-refractivity contribution in [1.82, 2.24) is 15.6 Å². The molecule has 0 unspecified atom stereocenters. The molecule has 2 heterocycles. The SMILES string of the molecule is CCNC(=NCc1ccnc(N2CCCCC2)c1)NCc1ccc(OCC(F)(F)F)cc1. The molecule has 0 atom stereocenters. The van der Waals surface area contributed by atoms with Gasteiger partial charge >= 0.3 is 6.18 Å². The second-order valence-corrected chi connectivity index (χ2v) is 7.67. The lowest BCUT2D eigenvalue weighted by Gasteiger charge is -2.27. The Bertz CT molecular complexity index is 865. The van der Waals surface area contributed by atoms with Crippen molar-refractivity contribution < 1.29 is 17.9 Å². The summed E-state index contributed by atoms with van der Waals surface area (Å²) in [5.41, 5.74) is 2.00. The van der Waals surface area contributed by atoms with E-state index in [-0.39, 0.29) is 5.75 Å². The molecule has 1 saturated heterocycles. The van der Waals surface area contributed by atoms with E-state index in [1.165, 1.54) is 31.4 Å². The van der Waals surface area contributed by atoms with Crippen molar-refractivity contribution in [3.05, 3.63) is 53.7 Å². The van der Waals surface area contributed by atoms with Crippen LogP contribution in [0.4, 0.5) is 19.0 Å². The number of benzene rings is 1. The summed E-state index contributed by atoms with van der Waals surface area (Å²) in [5.74, 6) is 1.86. The van der Waals surface area contributed by atoms with Crippen molar-refractivity contribution >= 4 is 11.8 Å². The lowest BCUT2D eigenvalue weighted by atomic mass is 10.1. The van der Waals surface area contributed by atoms with E-state index in [0.717, 1.165) is 30.0 Å². The monoisotopic (exact) mass is 449 g/mol. The second-order valence-electron chi connectivity index (χ2n) is 7.67. The molecule has 0 aliphatic carbocycles. The number of anilines is 1. The molecule has 0 spiro atoms. The fraction of sp³-hybridized carbons (Fsp3) is 0.478. The largest absolute Gasteiger partial charge is 0.484 e. The van der Waals surface area contributed by atoms with Crippen molar-refractivity contribution in [2.24, 2.45) is 4.99 Å². The van der Waals surface area contributed by atoms with Crippen molar-refractivity contribution in [1.29, 1.82) is 0 Å². The predicted octanol–water partition coefficient (Wildman–Crippen LogP) is 4.27. The first kappa shape index (κ1) is 23.7. The number of piperidine rings is 1. The molecule has 9 heteroatoms. The highest BCUT2D eigenvalue weighted by molar-refractivity contribution is 5.79. The Morgan fingerprint density at radius 1 is 1.06 bits per heavy atom. The maximum atomic E-state index is 12.3. The summed E-state index contributed by atoms with van der Waals surface area (Å²) in [6.07, 6.45) is 1.17. The number of aromatic nitrogens is 1. The number of halogens is 3. The van der Waals surface area contributed by atoms with Crippen molar-refractivity contribution in [3.8, 4) is 5.75 Å². The molecule has 0 amide bonds. The second kappa shape index (κ2) is 11.6. The summed E-state index contributed by atoms with van der Waals surface area (Å²) in [6.45, 7) is 4.50. The minimum atomic E-state index is -4.35. The molecular formula is C23H30F3N5O. The van der Waals surface area contributed by atoms with Gasteiger partial charge in [-0.2, -0.15) is 13.2 Å². The summed E-state index contributed by atoms with van der Waals surface area (Å²) >= 11 is 0. The quantitative estimate of drug-likeness (QED) is 0.466. The zero-order valence-corrected chi connectivity index (χ0v) is 18.3. The van der Waals surface area contributed by atoms with Gasteiger partial charge in [0.2, 0.25) is 0 Å². The van der Waals surface area contributed by atoms with Gasteiger partial charge in [0.25, 0.3) is 0 Å². The van der Waals surface area contributed by atoms with Crippen LogP contribution in [0, 0.1) is 0 Å². The van der Waals surface area contributed by atoms with E-state index in [0.29, 0.717) is 25.6 Å². The third-order valence-corrected chi connectivity index (χ3v) is 5.04. The normalized spacial score (nSPS) is 14.9. The van der Waals surface area contributed by atoms with Crippen LogP contribution in [-0.4, -0.2) is 43.4 Å². The highest BCUT2D eigenvalue weighted by Crippen LogP contribution is 2.20. The van der Waals surface area contributed by atoms with Crippen LogP contribution < -0.4 is 20.3 Å². The number of alkyl halides is 3. The lowest BCUT2D eigenvalue weighted by molar-refractivity contribution is -0.153. The molecular weight excluding hydrogens is 419 g/mol. The first-order valence-electron chi connectivity index (χ1n) is 10.9. The van der Waals surface area contributed by atoms with Gasteiger partial charge in [0.05, 0.1) is 6.54 Å². The van der Waals surface area contributed by atoms with Crippen LogP contribution in [0.25, 0.3) is 0 Å². The number of rotatable bonds is 8. The molecule has 1 aromatic carbocycles. The van der Waals surface area contributed by atoms with E-state index in [9.17, 15) is 13.2 Å². The highest BCUT2D eigenvalue weighted by Gasteiger charge is 2.28. The number of ether oxygens (including phenoxy) is 1. The van der Waals surface area contributed by atoms with Crippen LogP contribution in [0.1, 0.15) is 37.3 Å². The summed E-state index contributed by atoms with van der Waals surface area (Å²) in [7, 11) is 0. The molecule has 0 saturated carbocycles. The van der Waals surface area contributed by atoms with Gasteiger partial charge in [-0.05, 0) is 61.6 Å². The molecule has 3 rings (SSSR count). The molecule has 1 aromatic heterocycles. The Morgan fingerprint density at radius 2 is 1.81 bits per heavy atom. The number of hydrogen-bond acceptors (Lipinski definition) is 4. The van der Waals surface area contributed by atoms with Crippen LogP contribution in [0.2, 0.25) is 0 Å². The number of guanidine groups is 1. The fourth-order valence-electron chi connectivity index (χ4n) is 3.42. The molecule has 1 aliphatic heterocycles. The van der Waals surface area contributed by atoms with E-state index in [1.807, 2.05) is 19.2 Å². The Morgan fingerprint density at radius 3 is 2.50 bits per heavy atom. The summed E-state index contributed by atoms with van der Waals surface area (Å²) in [5, 5.41) is 6.47. The number of pyridine rings is 1. The number of hydrogen-bond donors (Lipinski definition) is 2. The van der Waals surface area contributed by atoms with E-state index >= 15 is 0 Å². The molecule has 0 radical (unpaired) electrons. The van der Waals surface area contributed by atoms with Gasteiger partial charge in [-0.3, -0.25) is 0 Å².